The van der Waals surface area contributed by atoms with Gasteiger partial charge in [-0.1, -0.05) is 33.0 Å². The maximum absolute atomic E-state index is 5.60. The van der Waals surface area contributed by atoms with Crippen LogP contribution in [-0.2, 0) is 0 Å². The van der Waals surface area contributed by atoms with E-state index >= 15 is 0 Å². The van der Waals surface area contributed by atoms with E-state index in [2.05, 4.69) is 35.6 Å². The summed E-state index contributed by atoms with van der Waals surface area (Å²) in [5.41, 5.74) is 6.58. The van der Waals surface area contributed by atoms with Gasteiger partial charge in [-0.15, -0.1) is 0 Å². The lowest BCUT2D eigenvalue weighted by atomic mass is 9.80. The molecule has 0 spiro atoms. The summed E-state index contributed by atoms with van der Waals surface area (Å²) < 4.78 is 0. The SMILES string of the molecule is CC(C)(C)C1CCN(c2nccc(C(N)=S)n2)C1. The summed E-state index contributed by atoms with van der Waals surface area (Å²) in [6.45, 7) is 8.86. The summed E-state index contributed by atoms with van der Waals surface area (Å²) in [5, 5.41) is 0. The van der Waals surface area contributed by atoms with E-state index in [1.807, 2.05) is 0 Å². The van der Waals surface area contributed by atoms with Crippen molar-refractivity contribution in [3.63, 3.8) is 0 Å². The summed E-state index contributed by atoms with van der Waals surface area (Å²) in [5.74, 6) is 1.42. The molecule has 1 aliphatic rings. The molecule has 4 nitrogen and oxygen atoms in total. The number of thiocarbonyl (C=S) groups is 1. The summed E-state index contributed by atoms with van der Waals surface area (Å²) in [6, 6.07) is 1.75. The molecule has 2 heterocycles. The summed E-state index contributed by atoms with van der Waals surface area (Å²) in [6.07, 6.45) is 2.91. The lowest BCUT2D eigenvalue weighted by molar-refractivity contribution is 0.263. The first-order chi connectivity index (χ1) is 8.38. The predicted octanol–water partition coefficient (Wildman–Crippen LogP) is 1.98. The Morgan fingerprint density at radius 1 is 1.50 bits per heavy atom. The molecule has 0 aliphatic carbocycles. The van der Waals surface area contributed by atoms with Gasteiger partial charge in [-0.25, -0.2) is 9.97 Å². The number of hydrogen-bond donors (Lipinski definition) is 1. The first-order valence-electron chi connectivity index (χ1n) is 6.26. The van der Waals surface area contributed by atoms with Crippen molar-refractivity contribution in [2.24, 2.45) is 17.1 Å². The first-order valence-corrected chi connectivity index (χ1v) is 6.66. The zero-order chi connectivity index (χ0) is 13.3. The second-order valence-corrected chi connectivity index (χ2v) is 6.34. The number of hydrogen-bond acceptors (Lipinski definition) is 4. The maximum atomic E-state index is 5.60. The van der Waals surface area contributed by atoms with Crippen LogP contribution in [0, 0.1) is 11.3 Å². The van der Waals surface area contributed by atoms with Gasteiger partial charge in [0.1, 0.15) is 10.7 Å². The third kappa shape index (κ3) is 2.77. The molecule has 1 aromatic rings. The highest BCUT2D eigenvalue weighted by Gasteiger charge is 2.32. The van der Waals surface area contributed by atoms with Crippen molar-refractivity contribution in [2.75, 3.05) is 18.0 Å². The molecule has 2 N–H and O–H groups in total. The van der Waals surface area contributed by atoms with Gasteiger partial charge in [0.2, 0.25) is 5.95 Å². The average molecular weight is 264 g/mol. The molecule has 1 aromatic heterocycles. The van der Waals surface area contributed by atoms with Crippen LogP contribution in [0.5, 0.6) is 0 Å². The van der Waals surface area contributed by atoms with Crippen LogP contribution in [-0.4, -0.2) is 28.0 Å². The minimum Gasteiger partial charge on any atom is -0.388 e. The number of rotatable bonds is 2. The molecular weight excluding hydrogens is 244 g/mol. The summed E-state index contributed by atoms with van der Waals surface area (Å²) >= 11 is 4.95. The average Bonchev–Trinajstić information content (AvgIpc) is 2.78. The Morgan fingerprint density at radius 3 is 2.78 bits per heavy atom. The van der Waals surface area contributed by atoms with Gasteiger partial charge >= 0.3 is 0 Å². The number of nitrogens with two attached hydrogens (primary N) is 1. The Hall–Kier alpha value is -1.23. The van der Waals surface area contributed by atoms with E-state index in [1.54, 1.807) is 12.3 Å². The van der Waals surface area contributed by atoms with Crippen molar-refractivity contribution in [1.82, 2.24) is 9.97 Å². The van der Waals surface area contributed by atoms with Crippen LogP contribution in [0.15, 0.2) is 12.3 Å². The quantitative estimate of drug-likeness (QED) is 0.828. The molecule has 18 heavy (non-hydrogen) atoms. The van der Waals surface area contributed by atoms with E-state index in [4.69, 9.17) is 18.0 Å². The molecule has 0 bridgehead atoms. The Balaban J connectivity index is 2.14. The van der Waals surface area contributed by atoms with Crippen LogP contribution < -0.4 is 10.6 Å². The van der Waals surface area contributed by atoms with E-state index in [0.29, 0.717) is 22.0 Å². The lowest BCUT2D eigenvalue weighted by Gasteiger charge is -2.26. The van der Waals surface area contributed by atoms with E-state index in [-0.39, 0.29) is 0 Å². The van der Waals surface area contributed by atoms with E-state index < -0.39 is 0 Å². The van der Waals surface area contributed by atoms with Crippen LogP contribution in [0.1, 0.15) is 32.9 Å². The van der Waals surface area contributed by atoms with Gasteiger partial charge in [-0.3, -0.25) is 0 Å². The fourth-order valence-electron chi connectivity index (χ4n) is 2.29. The van der Waals surface area contributed by atoms with Crippen LogP contribution in [0.2, 0.25) is 0 Å². The van der Waals surface area contributed by atoms with Gasteiger partial charge in [0, 0.05) is 19.3 Å². The van der Waals surface area contributed by atoms with Gasteiger partial charge in [-0.2, -0.15) is 0 Å². The second-order valence-electron chi connectivity index (χ2n) is 5.90. The zero-order valence-corrected chi connectivity index (χ0v) is 12.0. The molecular formula is C13H20N4S. The van der Waals surface area contributed by atoms with Crippen molar-refractivity contribution >= 4 is 23.2 Å². The minimum atomic E-state index is 0.324. The third-order valence-corrected chi connectivity index (χ3v) is 3.80. The van der Waals surface area contributed by atoms with Crippen molar-refractivity contribution in [3.8, 4) is 0 Å². The topological polar surface area (TPSA) is 55.0 Å². The highest BCUT2D eigenvalue weighted by molar-refractivity contribution is 7.80. The summed E-state index contributed by atoms with van der Waals surface area (Å²) in [7, 11) is 0. The van der Waals surface area contributed by atoms with Crippen molar-refractivity contribution in [3.05, 3.63) is 18.0 Å². The van der Waals surface area contributed by atoms with Crippen molar-refractivity contribution in [1.29, 1.82) is 0 Å². The highest BCUT2D eigenvalue weighted by Crippen LogP contribution is 2.34. The minimum absolute atomic E-state index is 0.324. The molecule has 1 saturated heterocycles. The van der Waals surface area contributed by atoms with Crippen molar-refractivity contribution < 1.29 is 0 Å². The van der Waals surface area contributed by atoms with Crippen LogP contribution in [0.3, 0.4) is 0 Å². The molecule has 1 unspecified atom stereocenters. The van der Waals surface area contributed by atoms with Crippen LogP contribution in [0.4, 0.5) is 5.95 Å². The molecule has 0 aromatic carbocycles. The highest BCUT2D eigenvalue weighted by atomic mass is 32.1. The van der Waals surface area contributed by atoms with Crippen LogP contribution >= 0.6 is 12.2 Å². The Bertz CT molecular complexity index is 453. The molecule has 1 aliphatic heterocycles. The maximum Gasteiger partial charge on any atom is 0.225 e. The molecule has 0 amide bonds. The standard InChI is InChI=1S/C13H20N4S/c1-13(2,3)9-5-7-17(8-9)12-15-6-4-10(16-12)11(14)18/h4,6,9H,5,7-8H2,1-3H3,(H2,14,18). The largest absolute Gasteiger partial charge is 0.388 e. The first kappa shape index (κ1) is 13.2. The van der Waals surface area contributed by atoms with Gasteiger partial charge in [0.15, 0.2) is 0 Å². The molecule has 0 radical (unpaired) electrons. The van der Waals surface area contributed by atoms with E-state index in [1.165, 1.54) is 6.42 Å². The number of aromatic nitrogens is 2. The molecule has 2 rings (SSSR count). The monoisotopic (exact) mass is 264 g/mol. The fourth-order valence-corrected chi connectivity index (χ4v) is 2.40. The van der Waals surface area contributed by atoms with E-state index in [9.17, 15) is 0 Å². The molecule has 98 valence electrons. The van der Waals surface area contributed by atoms with Crippen molar-refractivity contribution in [2.45, 2.75) is 27.2 Å². The number of nitrogens with zero attached hydrogens (tertiary/aromatic N) is 3. The lowest BCUT2D eigenvalue weighted by Crippen LogP contribution is -2.27. The van der Waals surface area contributed by atoms with Gasteiger partial charge in [-0.05, 0) is 23.8 Å². The molecule has 1 atom stereocenters. The Labute approximate surface area is 114 Å². The van der Waals surface area contributed by atoms with E-state index in [0.717, 1.165) is 19.0 Å². The molecule has 0 saturated carbocycles. The third-order valence-electron chi connectivity index (χ3n) is 3.59. The second kappa shape index (κ2) is 4.80. The molecule has 5 heteroatoms. The fraction of sp³-hybridized carbons (Fsp3) is 0.615. The van der Waals surface area contributed by atoms with Gasteiger partial charge in [0.25, 0.3) is 0 Å². The predicted molar refractivity (Wildman–Crippen MR) is 77.7 cm³/mol. The van der Waals surface area contributed by atoms with Crippen LogP contribution in [0.25, 0.3) is 0 Å². The summed E-state index contributed by atoms with van der Waals surface area (Å²) in [4.78, 5) is 11.3. The number of anilines is 1. The smallest absolute Gasteiger partial charge is 0.225 e. The Kier molecular flexibility index (Phi) is 3.52. The zero-order valence-electron chi connectivity index (χ0n) is 11.2. The normalized spacial score (nSPS) is 20.2. The Morgan fingerprint density at radius 2 is 2.22 bits per heavy atom. The molecule has 1 fully saturated rings. The van der Waals surface area contributed by atoms with Gasteiger partial charge < -0.3 is 10.6 Å². The van der Waals surface area contributed by atoms with Gasteiger partial charge in [0.05, 0.1) is 0 Å².